The summed E-state index contributed by atoms with van der Waals surface area (Å²) in [5.41, 5.74) is 4.56. The Hall–Kier alpha value is -3.84. The van der Waals surface area contributed by atoms with Gasteiger partial charge in [-0.3, -0.25) is 14.4 Å². The number of thioether (sulfide) groups is 1. The Balaban J connectivity index is 1.34. The number of benzene rings is 3. The van der Waals surface area contributed by atoms with E-state index in [2.05, 4.69) is 19.1 Å². The van der Waals surface area contributed by atoms with Crippen LogP contribution in [0.2, 0.25) is 0 Å². The van der Waals surface area contributed by atoms with Gasteiger partial charge in [0.2, 0.25) is 0 Å². The number of fused-ring (bicyclic) bond motifs is 1. The number of esters is 1. The zero-order valence-corrected chi connectivity index (χ0v) is 23.1. The Kier molecular flexibility index (Phi) is 8.17. The lowest BCUT2D eigenvalue weighted by atomic mass is 9.97. The maximum atomic E-state index is 13.6. The molecule has 39 heavy (non-hydrogen) atoms. The molecule has 2 aliphatic heterocycles. The van der Waals surface area contributed by atoms with E-state index in [9.17, 15) is 14.4 Å². The van der Waals surface area contributed by atoms with E-state index in [1.807, 2.05) is 59.5 Å². The van der Waals surface area contributed by atoms with Crippen molar-refractivity contribution < 1.29 is 19.1 Å². The number of aryl methyl sites for hydroxylation is 1. The number of nitrogens with zero attached hydrogens (tertiary/aromatic N) is 2. The fraction of sp³-hybridized carbons (Fsp3) is 0.281. The van der Waals surface area contributed by atoms with Crippen LogP contribution < -0.4 is 4.90 Å². The summed E-state index contributed by atoms with van der Waals surface area (Å²) in [6, 6.07) is 23.5. The molecule has 0 aliphatic carbocycles. The summed E-state index contributed by atoms with van der Waals surface area (Å²) in [6.07, 6.45) is 3.40. The lowest BCUT2D eigenvalue weighted by Crippen LogP contribution is -2.42. The SMILES string of the molecule is CCOC(=O)C1CCCN(C(=O)c2ccc(/C=C3/Sc4ccccc4N(Cc4cccc(C)c4)C3=O)cc2)C1. The van der Waals surface area contributed by atoms with Gasteiger partial charge in [0.1, 0.15) is 0 Å². The third-order valence-electron chi connectivity index (χ3n) is 7.04. The van der Waals surface area contributed by atoms with Gasteiger partial charge in [-0.25, -0.2) is 0 Å². The molecule has 1 fully saturated rings. The van der Waals surface area contributed by atoms with Gasteiger partial charge >= 0.3 is 5.97 Å². The maximum Gasteiger partial charge on any atom is 0.310 e. The number of hydrogen-bond acceptors (Lipinski definition) is 5. The van der Waals surface area contributed by atoms with Crippen molar-refractivity contribution in [1.29, 1.82) is 0 Å². The Morgan fingerprint density at radius 3 is 2.62 bits per heavy atom. The number of carbonyl (C=O) groups is 3. The number of ether oxygens (including phenoxy) is 1. The van der Waals surface area contributed by atoms with E-state index in [1.165, 1.54) is 11.8 Å². The topological polar surface area (TPSA) is 66.9 Å². The van der Waals surface area contributed by atoms with Gasteiger partial charge in [-0.1, -0.05) is 65.9 Å². The van der Waals surface area contributed by atoms with Crippen molar-refractivity contribution in [2.24, 2.45) is 5.92 Å². The van der Waals surface area contributed by atoms with Crippen molar-refractivity contribution in [2.75, 3.05) is 24.6 Å². The molecule has 0 N–H and O–H groups in total. The second-order valence-electron chi connectivity index (χ2n) is 9.92. The Morgan fingerprint density at radius 1 is 1.05 bits per heavy atom. The van der Waals surface area contributed by atoms with E-state index in [4.69, 9.17) is 4.74 Å². The smallest absolute Gasteiger partial charge is 0.310 e. The zero-order valence-electron chi connectivity index (χ0n) is 22.3. The number of rotatable bonds is 6. The first kappa shape index (κ1) is 26.8. The first-order valence-electron chi connectivity index (χ1n) is 13.3. The van der Waals surface area contributed by atoms with Gasteiger partial charge in [-0.2, -0.15) is 0 Å². The minimum Gasteiger partial charge on any atom is -0.466 e. The van der Waals surface area contributed by atoms with Crippen molar-refractivity contribution in [3.63, 3.8) is 0 Å². The summed E-state index contributed by atoms with van der Waals surface area (Å²) < 4.78 is 5.16. The quantitative estimate of drug-likeness (QED) is 0.280. The minimum atomic E-state index is -0.272. The monoisotopic (exact) mass is 540 g/mol. The molecule has 6 nitrogen and oxygen atoms in total. The average Bonchev–Trinajstić information content (AvgIpc) is 2.95. The summed E-state index contributed by atoms with van der Waals surface area (Å²) in [7, 11) is 0. The highest BCUT2D eigenvalue weighted by Gasteiger charge is 2.31. The van der Waals surface area contributed by atoms with Gasteiger partial charge < -0.3 is 14.5 Å². The summed E-state index contributed by atoms with van der Waals surface area (Å²) >= 11 is 1.47. The molecule has 0 saturated carbocycles. The van der Waals surface area contributed by atoms with Crippen molar-refractivity contribution in [3.8, 4) is 0 Å². The van der Waals surface area contributed by atoms with E-state index < -0.39 is 0 Å². The molecule has 200 valence electrons. The third kappa shape index (κ3) is 6.09. The standard InChI is InChI=1S/C32H32N2O4S/c1-3-38-32(37)26-10-7-17-33(21-26)30(35)25-15-13-23(14-16-25)19-29-31(36)34(20-24-9-6-8-22(2)18-24)27-11-4-5-12-28(27)39-29/h4-6,8-9,11-16,18-19,26H,3,7,10,17,20-21H2,1-2H3/b29-19+. The molecular weight excluding hydrogens is 508 g/mol. The molecule has 5 rings (SSSR count). The highest BCUT2D eigenvalue weighted by molar-refractivity contribution is 8.04. The Labute approximate surface area is 233 Å². The van der Waals surface area contributed by atoms with Gasteiger partial charge in [0.15, 0.2) is 0 Å². The zero-order chi connectivity index (χ0) is 27.4. The molecular formula is C32H32N2O4S. The summed E-state index contributed by atoms with van der Waals surface area (Å²) in [4.78, 5) is 44.2. The van der Waals surface area contributed by atoms with Crippen LogP contribution >= 0.6 is 11.8 Å². The fourth-order valence-corrected chi connectivity index (χ4v) is 6.14. The first-order chi connectivity index (χ1) is 18.9. The van der Waals surface area contributed by atoms with Gasteiger partial charge in [-0.05, 0) is 68.2 Å². The molecule has 2 amide bonds. The van der Waals surface area contributed by atoms with E-state index >= 15 is 0 Å². The molecule has 1 saturated heterocycles. The van der Waals surface area contributed by atoms with Crippen LogP contribution in [-0.4, -0.2) is 42.4 Å². The second kappa shape index (κ2) is 11.9. The molecule has 2 aliphatic rings. The van der Waals surface area contributed by atoms with Crippen LogP contribution in [0, 0.1) is 12.8 Å². The van der Waals surface area contributed by atoms with Crippen molar-refractivity contribution in [2.45, 2.75) is 38.1 Å². The van der Waals surface area contributed by atoms with Crippen LogP contribution in [-0.2, 0) is 20.9 Å². The van der Waals surface area contributed by atoms with Crippen molar-refractivity contribution >= 4 is 41.3 Å². The molecule has 7 heteroatoms. The van der Waals surface area contributed by atoms with Crippen LogP contribution in [0.25, 0.3) is 6.08 Å². The van der Waals surface area contributed by atoms with Crippen molar-refractivity contribution in [3.05, 3.63) is 100.0 Å². The second-order valence-corrected chi connectivity index (χ2v) is 11.0. The van der Waals surface area contributed by atoms with Gasteiger partial charge in [0.25, 0.3) is 11.8 Å². The van der Waals surface area contributed by atoms with Gasteiger partial charge in [-0.15, -0.1) is 0 Å². The summed E-state index contributed by atoms with van der Waals surface area (Å²) in [5.74, 6) is -0.639. The van der Waals surface area contributed by atoms with Crippen LogP contribution in [0.15, 0.2) is 82.6 Å². The number of para-hydroxylation sites is 1. The van der Waals surface area contributed by atoms with E-state index in [0.29, 0.717) is 36.7 Å². The number of likely N-dealkylation sites (tertiary alicyclic amines) is 1. The predicted molar refractivity (Wildman–Crippen MR) is 154 cm³/mol. The van der Waals surface area contributed by atoms with E-state index in [-0.39, 0.29) is 23.7 Å². The minimum absolute atomic E-state index is 0.0429. The Morgan fingerprint density at radius 2 is 1.85 bits per heavy atom. The number of anilines is 1. The lowest BCUT2D eigenvalue weighted by molar-refractivity contribution is -0.149. The van der Waals surface area contributed by atoms with E-state index in [1.54, 1.807) is 24.0 Å². The highest BCUT2D eigenvalue weighted by atomic mass is 32.2. The molecule has 3 aromatic carbocycles. The van der Waals surface area contributed by atoms with E-state index in [0.717, 1.165) is 40.1 Å². The van der Waals surface area contributed by atoms with Gasteiger partial charge in [0, 0.05) is 23.5 Å². The normalized spacial score (nSPS) is 18.2. The maximum absolute atomic E-state index is 13.6. The number of hydrogen-bond donors (Lipinski definition) is 0. The van der Waals surface area contributed by atoms with Crippen LogP contribution in [0.3, 0.4) is 0 Å². The molecule has 0 bridgehead atoms. The molecule has 2 heterocycles. The lowest BCUT2D eigenvalue weighted by Gasteiger charge is -2.31. The van der Waals surface area contributed by atoms with Gasteiger partial charge in [0.05, 0.1) is 29.7 Å². The molecule has 3 aromatic rings. The van der Waals surface area contributed by atoms with Crippen LogP contribution in [0.5, 0.6) is 0 Å². The van der Waals surface area contributed by atoms with Crippen LogP contribution in [0.1, 0.15) is 46.8 Å². The fourth-order valence-electron chi connectivity index (χ4n) is 5.08. The highest BCUT2D eigenvalue weighted by Crippen LogP contribution is 2.42. The molecule has 1 unspecified atom stereocenters. The van der Waals surface area contributed by atoms with Crippen molar-refractivity contribution in [1.82, 2.24) is 4.90 Å². The Bertz CT molecular complexity index is 1420. The molecule has 0 spiro atoms. The first-order valence-corrected chi connectivity index (χ1v) is 14.2. The molecule has 1 atom stereocenters. The summed E-state index contributed by atoms with van der Waals surface area (Å²) in [6.45, 7) is 5.68. The molecule has 0 aromatic heterocycles. The number of piperidine rings is 1. The third-order valence-corrected chi connectivity index (χ3v) is 8.12. The number of carbonyl (C=O) groups excluding carboxylic acids is 3. The van der Waals surface area contributed by atoms with Crippen LogP contribution in [0.4, 0.5) is 5.69 Å². The number of amides is 2. The summed E-state index contributed by atoms with van der Waals surface area (Å²) in [5, 5.41) is 0. The predicted octanol–water partition coefficient (Wildman–Crippen LogP) is 6.09. The average molecular weight is 541 g/mol. The molecule has 0 radical (unpaired) electrons. The largest absolute Gasteiger partial charge is 0.466 e.